The molecule has 5 heteroatoms. The smallest absolute Gasteiger partial charge is 0.311 e. The number of rotatable bonds is 8. The van der Waals surface area contributed by atoms with Crippen LogP contribution < -0.4 is 10.1 Å². The average molecular weight is 280 g/mol. The Labute approximate surface area is 120 Å². The Bertz CT molecular complexity index is 447. The highest BCUT2D eigenvalue weighted by Gasteiger charge is 2.17. The maximum Gasteiger partial charge on any atom is 0.311 e. The number of nitro groups is 1. The zero-order chi connectivity index (χ0) is 15.1. The van der Waals surface area contributed by atoms with Crippen LogP contribution in [0.1, 0.15) is 40.5 Å². The van der Waals surface area contributed by atoms with Gasteiger partial charge in [0.2, 0.25) is 0 Å². The lowest BCUT2D eigenvalue weighted by molar-refractivity contribution is -0.385. The summed E-state index contributed by atoms with van der Waals surface area (Å²) in [7, 11) is 0. The maximum atomic E-state index is 11.0. The number of hydrogen-bond donors (Lipinski definition) is 1. The number of nitro benzene ring substituents is 1. The van der Waals surface area contributed by atoms with Gasteiger partial charge in [-0.15, -0.1) is 0 Å². The molecule has 0 saturated heterocycles. The molecule has 0 bridgehead atoms. The molecule has 1 atom stereocenters. The predicted molar refractivity (Wildman–Crippen MR) is 81.4 cm³/mol. The molecular formula is C15H24N2O3. The third-order valence-corrected chi connectivity index (χ3v) is 3.21. The van der Waals surface area contributed by atoms with Gasteiger partial charge in [-0.25, -0.2) is 0 Å². The standard InChI is InChI=1S/C15H24N2O3/c1-5-9-20-15-10-12(7-8-14(15)17(18)19)16-13(6-2)11(3)4/h7-8,10-11,13,16H,5-6,9H2,1-4H3. The molecule has 5 nitrogen and oxygen atoms in total. The maximum absolute atomic E-state index is 11.0. The van der Waals surface area contributed by atoms with Crippen LogP contribution in [0.4, 0.5) is 11.4 Å². The van der Waals surface area contributed by atoms with Gasteiger partial charge in [-0.1, -0.05) is 27.7 Å². The molecule has 0 saturated carbocycles. The highest BCUT2D eigenvalue weighted by molar-refractivity contribution is 5.58. The van der Waals surface area contributed by atoms with Gasteiger partial charge in [0.05, 0.1) is 11.5 Å². The lowest BCUT2D eigenvalue weighted by Crippen LogP contribution is -2.24. The normalized spacial score (nSPS) is 12.2. The van der Waals surface area contributed by atoms with E-state index in [2.05, 4.69) is 26.1 Å². The molecule has 0 aliphatic heterocycles. The van der Waals surface area contributed by atoms with E-state index in [1.807, 2.05) is 6.92 Å². The van der Waals surface area contributed by atoms with Gasteiger partial charge in [0.15, 0.2) is 5.75 Å². The van der Waals surface area contributed by atoms with Crippen molar-refractivity contribution in [3.63, 3.8) is 0 Å². The van der Waals surface area contributed by atoms with E-state index in [9.17, 15) is 10.1 Å². The first kappa shape index (κ1) is 16.3. The fourth-order valence-electron chi connectivity index (χ4n) is 2.04. The summed E-state index contributed by atoms with van der Waals surface area (Å²) in [6.45, 7) is 8.88. The summed E-state index contributed by atoms with van der Waals surface area (Å²) in [5.74, 6) is 0.829. The number of hydrogen-bond acceptors (Lipinski definition) is 4. The summed E-state index contributed by atoms with van der Waals surface area (Å²) in [4.78, 5) is 10.6. The van der Waals surface area contributed by atoms with E-state index in [4.69, 9.17) is 4.74 Å². The van der Waals surface area contributed by atoms with E-state index in [0.29, 0.717) is 24.3 Å². The highest BCUT2D eigenvalue weighted by Crippen LogP contribution is 2.31. The van der Waals surface area contributed by atoms with Crippen LogP contribution in [-0.4, -0.2) is 17.6 Å². The summed E-state index contributed by atoms with van der Waals surface area (Å²) >= 11 is 0. The molecule has 1 unspecified atom stereocenters. The summed E-state index contributed by atoms with van der Waals surface area (Å²) in [6.07, 6.45) is 1.82. The van der Waals surface area contributed by atoms with E-state index in [-0.39, 0.29) is 5.69 Å². The summed E-state index contributed by atoms with van der Waals surface area (Å²) in [5.41, 5.74) is 0.879. The molecular weight excluding hydrogens is 256 g/mol. The van der Waals surface area contributed by atoms with Gasteiger partial charge in [-0.2, -0.15) is 0 Å². The Morgan fingerprint density at radius 3 is 2.55 bits per heavy atom. The van der Waals surface area contributed by atoms with Gasteiger partial charge in [-0.3, -0.25) is 10.1 Å². The molecule has 0 amide bonds. The van der Waals surface area contributed by atoms with Gasteiger partial charge in [-0.05, 0) is 24.8 Å². The minimum Gasteiger partial charge on any atom is -0.487 e. The topological polar surface area (TPSA) is 64.4 Å². The first-order chi connectivity index (χ1) is 9.49. The van der Waals surface area contributed by atoms with Crippen LogP contribution in [0.2, 0.25) is 0 Å². The Morgan fingerprint density at radius 2 is 2.05 bits per heavy atom. The molecule has 0 spiro atoms. The van der Waals surface area contributed by atoms with Crippen LogP contribution in [0.15, 0.2) is 18.2 Å². The van der Waals surface area contributed by atoms with Crippen molar-refractivity contribution in [1.29, 1.82) is 0 Å². The molecule has 1 rings (SSSR count). The average Bonchev–Trinajstić information content (AvgIpc) is 2.41. The van der Waals surface area contributed by atoms with Gasteiger partial charge in [0.1, 0.15) is 0 Å². The number of nitrogens with one attached hydrogen (secondary N) is 1. The third kappa shape index (κ3) is 4.40. The SMILES string of the molecule is CCCOc1cc(NC(CC)C(C)C)ccc1[N+](=O)[O-]. The minimum atomic E-state index is -0.408. The van der Waals surface area contributed by atoms with Crippen molar-refractivity contribution in [1.82, 2.24) is 0 Å². The second-order valence-corrected chi connectivity index (χ2v) is 5.19. The molecule has 1 N–H and O–H groups in total. The molecule has 112 valence electrons. The fraction of sp³-hybridized carbons (Fsp3) is 0.600. The predicted octanol–water partition coefficient (Wildman–Crippen LogP) is 4.23. The molecule has 0 aromatic heterocycles. The van der Waals surface area contributed by atoms with Gasteiger partial charge < -0.3 is 10.1 Å². The number of benzene rings is 1. The van der Waals surface area contributed by atoms with E-state index < -0.39 is 4.92 Å². The lowest BCUT2D eigenvalue weighted by Gasteiger charge is -2.22. The Morgan fingerprint density at radius 1 is 1.35 bits per heavy atom. The Hall–Kier alpha value is -1.78. The second-order valence-electron chi connectivity index (χ2n) is 5.19. The molecule has 20 heavy (non-hydrogen) atoms. The monoisotopic (exact) mass is 280 g/mol. The van der Waals surface area contributed by atoms with Crippen LogP contribution in [0.25, 0.3) is 0 Å². The van der Waals surface area contributed by atoms with Crippen molar-refractivity contribution in [3.8, 4) is 5.75 Å². The number of anilines is 1. The van der Waals surface area contributed by atoms with Crippen molar-refractivity contribution >= 4 is 11.4 Å². The molecule has 1 aromatic carbocycles. The van der Waals surface area contributed by atoms with Crippen LogP contribution in [0.3, 0.4) is 0 Å². The molecule has 1 aromatic rings. The summed E-state index contributed by atoms with van der Waals surface area (Å²) < 4.78 is 5.48. The van der Waals surface area contributed by atoms with Gasteiger partial charge >= 0.3 is 5.69 Å². The molecule has 0 fully saturated rings. The summed E-state index contributed by atoms with van der Waals surface area (Å²) in [6, 6.07) is 5.30. The van der Waals surface area contributed by atoms with E-state index >= 15 is 0 Å². The molecule has 0 aliphatic rings. The van der Waals surface area contributed by atoms with Crippen LogP contribution in [-0.2, 0) is 0 Å². The largest absolute Gasteiger partial charge is 0.487 e. The van der Waals surface area contributed by atoms with Gasteiger partial charge in [0.25, 0.3) is 0 Å². The zero-order valence-corrected chi connectivity index (χ0v) is 12.7. The van der Waals surface area contributed by atoms with E-state index in [1.54, 1.807) is 12.1 Å². The van der Waals surface area contributed by atoms with Gasteiger partial charge in [0, 0.05) is 23.9 Å². The van der Waals surface area contributed by atoms with Crippen molar-refractivity contribution in [2.75, 3.05) is 11.9 Å². The van der Waals surface area contributed by atoms with E-state index in [1.165, 1.54) is 6.07 Å². The first-order valence-electron chi connectivity index (χ1n) is 7.17. The lowest BCUT2D eigenvalue weighted by atomic mass is 10.0. The van der Waals surface area contributed by atoms with Crippen molar-refractivity contribution in [3.05, 3.63) is 28.3 Å². The third-order valence-electron chi connectivity index (χ3n) is 3.21. The Kier molecular flexibility index (Phi) is 6.28. The quantitative estimate of drug-likeness (QED) is 0.571. The first-order valence-corrected chi connectivity index (χ1v) is 7.17. The fourth-order valence-corrected chi connectivity index (χ4v) is 2.04. The van der Waals surface area contributed by atoms with Crippen molar-refractivity contribution in [2.45, 2.75) is 46.6 Å². The molecule has 0 heterocycles. The van der Waals surface area contributed by atoms with Crippen LogP contribution in [0, 0.1) is 16.0 Å². The number of nitrogens with zero attached hydrogens (tertiary/aromatic N) is 1. The molecule has 0 radical (unpaired) electrons. The second kappa shape index (κ2) is 7.72. The van der Waals surface area contributed by atoms with Crippen molar-refractivity contribution in [2.24, 2.45) is 5.92 Å². The minimum absolute atomic E-state index is 0.0154. The van der Waals surface area contributed by atoms with Crippen molar-refractivity contribution < 1.29 is 9.66 Å². The van der Waals surface area contributed by atoms with E-state index in [0.717, 1.165) is 18.5 Å². The van der Waals surface area contributed by atoms with Crippen LogP contribution >= 0.6 is 0 Å². The number of ether oxygens (including phenoxy) is 1. The summed E-state index contributed by atoms with van der Waals surface area (Å²) in [5, 5.41) is 14.4. The zero-order valence-electron chi connectivity index (χ0n) is 12.7. The highest BCUT2D eigenvalue weighted by atomic mass is 16.6. The Balaban J connectivity index is 2.96. The molecule has 0 aliphatic carbocycles. The van der Waals surface area contributed by atoms with Crippen LogP contribution in [0.5, 0.6) is 5.75 Å².